The summed E-state index contributed by atoms with van der Waals surface area (Å²) < 4.78 is 0. The first-order valence-corrected chi connectivity index (χ1v) is 9.77. The van der Waals surface area contributed by atoms with Crippen molar-refractivity contribution in [2.45, 2.75) is 19.9 Å². The van der Waals surface area contributed by atoms with Crippen molar-refractivity contribution in [3.05, 3.63) is 76.4 Å². The number of carbonyl (C=O) groups is 2. The second kappa shape index (κ2) is 7.40. The number of aldehydes is 1. The fourth-order valence-electron chi connectivity index (χ4n) is 3.23. The Balaban J connectivity index is 0.00000160. The van der Waals surface area contributed by atoms with Gasteiger partial charge < -0.3 is 10.3 Å². The number of hydrogen-bond acceptors (Lipinski definition) is 4. The summed E-state index contributed by atoms with van der Waals surface area (Å²) in [7, 11) is 0. The van der Waals surface area contributed by atoms with E-state index in [0.717, 1.165) is 38.9 Å². The maximum atomic E-state index is 12.8. The summed E-state index contributed by atoms with van der Waals surface area (Å²) in [6.07, 6.45) is 2.49. The average molecular weight is 394 g/mol. The summed E-state index contributed by atoms with van der Waals surface area (Å²) in [5.74, 6) is -0.125. The molecule has 2 heterocycles. The third-order valence-electron chi connectivity index (χ3n) is 4.77. The van der Waals surface area contributed by atoms with Gasteiger partial charge in [0.25, 0.3) is 5.91 Å². The number of thiophene rings is 1. The van der Waals surface area contributed by atoms with Gasteiger partial charge in [-0.15, -0.1) is 11.3 Å². The topological polar surface area (TPSA) is 74.8 Å². The monoisotopic (exact) mass is 393 g/mol. The van der Waals surface area contributed by atoms with E-state index in [-0.39, 0.29) is 14.8 Å². The van der Waals surface area contributed by atoms with Crippen LogP contribution in [0, 0.1) is 6.92 Å². The highest BCUT2D eigenvalue weighted by Crippen LogP contribution is 2.29. The van der Waals surface area contributed by atoms with E-state index in [4.69, 9.17) is 0 Å². The fraction of sp³-hybridized carbons (Fsp3) is 0.136. The van der Waals surface area contributed by atoms with Gasteiger partial charge in [0.1, 0.15) is 0 Å². The minimum atomic E-state index is -0.160. The van der Waals surface area contributed by atoms with E-state index in [1.807, 2.05) is 56.3 Å². The largest absolute Gasteiger partial charge is 0.346 e. The van der Waals surface area contributed by atoms with Crippen LogP contribution in [-0.4, -0.2) is 22.2 Å². The summed E-state index contributed by atoms with van der Waals surface area (Å²) in [6, 6.07) is 15.4. The smallest absolute Gasteiger partial charge is 0.252 e. The zero-order valence-electron chi connectivity index (χ0n) is 15.5. The van der Waals surface area contributed by atoms with Crippen molar-refractivity contribution in [3.8, 4) is 10.4 Å². The number of aromatic nitrogens is 2. The highest BCUT2D eigenvalue weighted by atomic mass is 32.1. The van der Waals surface area contributed by atoms with Crippen LogP contribution in [0.1, 0.15) is 47.0 Å². The van der Waals surface area contributed by atoms with Gasteiger partial charge in [-0.3, -0.25) is 9.59 Å². The summed E-state index contributed by atoms with van der Waals surface area (Å²) in [5.41, 5.74) is 5.25. The number of benzene rings is 2. The number of nitrogens with zero attached hydrogens (tertiary/aromatic N) is 1. The number of fused-ring (bicyclic) bond motifs is 1. The molecule has 0 bridgehead atoms. The summed E-state index contributed by atoms with van der Waals surface area (Å²) in [5, 5.41) is 3.08. The molecule has 0 saturated carbocycles. The number of hydrogen-bond donors (Lipinski definition) is 2. The predicted octanol–water partition coefficient (Wildman–Crippen LogP) is 5.40. The number of rotatable bonds is 5. The van der Waals surface area contributed by atoms with Crippen LogP contribution in [0.3, 0.4) is 0 Å². The lowest BCUT2D eigenvalue weighted by Crippen LogP contribution is -2.27. The Bertz CT molecular complexity index is 1190. The Hall–Kier alpha value is -3.25. The van der Waals surface area contributed by atoms with Gasteiger partial charge in [-0.25, -0.2) is 4.98 Å². The zero-order chi connectivity index (χ0) is 19.7. The number of nitrogens with one attached hydrogen (secondary N) is 2. The van der Waals surface area contributed by atoms with E-state index in [1.54, 1.807) is 6.33 Å². The standard InChI is InChI=1S/C22H19N3O2S.2H2/c1-13-8-19-20(24-12-23-19)10-18(13)22(27)25-14(2)15-4-3-5-16(9-15)21-7-6-17(11-26)28-21;;/h3-12,14H,1-2H3,(H,23,24)(H,25,27);2*1H/t14-;;/m1../s1. The molecule has 144 valence electrons. The van der Waals surface area contributed by atoms with Crippen LogP contribution in [0.4, 0.5) is 0 Å². The van der Waals surface area contributed by atoms with E-state index >= 15 is 0 Å². The van der Waals surface area contributed by atoms with Crippen LogP contribution in [0.15, 0.2) is 54.9 Å². The molecule has 2 aromatic heterocycles. The van der Waals surface area contributed by atoms with Crippen LogP contribution in [-0.2, 0) is 0 Å². The van der Waals surface area contributed by atoms with Gasteiger partial charge in [-0.1, -0.05) is 18.2 Å². The molecule has 0 aliphatic heterocycles. The third kappa shape index (κ3) is 3.46. The molecule has 0 spiro atoms. The molecule has 0 unspecified atom stereocenters. The molecule has 6 heteroatoms. The molecule has 4 aromatic rings. The third-order valence-corrected chi connectivity index (χ3v) is 5.83. The molecule has 2 N–H and O–H groups in total. The molecule has 0 saturated heterocycles. The molecule has 1 atom stereocenters. The second-order valence-corrected chi connectivity index (χ2v) is 7.84. The van der Waals surface area contributed by atoms with Crippen LogP contribution >= 0.6 is 11.3 Å². The summed E-state index contributed by atoms with van der Waals surface area (Å²) in [6.45, 7) is 3.88. The minimum absolute atomic E-state index is 0. The minimum Gasteiger partial charge on any atom is -0.346 e. The Kier molecular flexibility index (Phi) is 4.79. The van der Waals surface area contributed by atoms with Gasteiger partial charge in [0.2, 0.25) is 0 Å². The maximum absolute atomic E-state index is 12.8. The number of amides is 1. The normalized spacial score (nSPS) is 12.1. The van der Waals surface area contributed by atoms with E-state index < -0.39 is 0 Å². The van der Waals surface area contributed by atoms with E-state index in [2.05, 4.69) is 21.4 Å². The lowest BCUT2D eigenvalue weighted by molar-refractivity contribution is 0.0939. The molecule has 28 heavy (non-hydrogen) atoms. The SMILES string of the molecule is Cc1cc2[nH]cnc2cc1C(=O)N[C@H](C)c1cccc(-c2ccc(C=O)s2)c1.[HH].[HH]. The van der Waals surface area contributed by atoms with Crippen molar-refractivity contribution in [2.24, 2.45) is 0 Å². The van der Waals surface area contributed by atoms with Crippen molar-refractivity contribution in [1.82, 2.24) is 15.3 Å². The Morgan fingerprint density at radius 1 is 1.25 bits per heavy atom. The number of aryl methyl sites for hydroxylation is 1. The maximum Gasteiger partial charge on any atom is 0.252 e. The lowest BCUT2D eigenvalue weighted by atomic mass is 10.0. The molecule has 5 nitrogen and oxygen atoms in total. The van der Waals surface area contributed by atoms with Crippen LogP contribution in [0.2, 0.25) is 0 Å². The lowest BCUT2D eigenvalue weighted by Gasteiger charge is -2.16. The zero-order valence-corrected chi connectivity index (χ0v) is 16.3. The highest BCUT2D eigenvalue weighted by molar-refractivity contribution is 7.17. The molecule has 1 amide bonds. The Morgan fingerprint density at radius 2 is 2.11 bits per heavy atom. The molecule has 0 radical (unpaired) electrons. The van der Waals surface area contributed by atoms with Crippen molar-refractivity contribution >= 4 is 34.6 Å². The predicted molar refractivity (Wildman–Crippen MR) is 116 cm³/mol. The molecule has 0 aliphatic carbocycles. The number of H-pyrrole nitrogens is 1. The van der Waals surface area contributed by atoms with Crippen molar-refractivity contribution in [2.75, 3.05) is 0 Å². The van der Waals surface area contributed by atoms with Gasteiger partial charge in [-0.05, 0) is 60.9 Å². The van der Waals surface area contributed by atoms with E-state index in [1.165, 1.54) is 11.3 Å². The second-order valence-electron chi connectivity index (χ2n) is 6.73. The molecular weight excluding hydrogens is 370 g/mol. The summed E-state index contributed by atoms with van der Waals surface area (Å²) >= 11 is 1.46. The van der Waals surface area contributed by atoms with E-state index in [9.17, 15) is 9.59 Å². The number of imidazole rings is 1. The van der Waals surface area contributed by atoms with Crippen LogP contribution < -0.4 is 5.32 Å². The summed E-state index contributed by atoms with van der Waals surface area (Å²) in [4.78, 5) is 32.8. The average Bonchev–Trinajstić information content (AvgIpc) is 3.36. The van der Waals surface area contributed by atoms with Gasteiger partial charge >= 0.3 is 0 Å². The Labute approximate surface area is 169 Å². The molecular formula is C22H23N3O2S. The van der Waals surface area contributed by atoms with Crippen molar-refractivity contribution < 1.29 is 12.4 Å². The molecule has 4 rings (SSSR count). The highest BCUT2D eigenvalue weighted by Gasteiger charge is 2.15. The molecule has 2 aromatic carbocycles. The van der Waals surface area contributed by atoms with Crippen molar-refractivity contribution in [3.63, 3.8) is 0 Å². The first-order valence-electron chi connectivity index (χ1n) is 8.95. The fourth-order valence-corrected chi connectivity index (χ4v) is 4.04. The van der Waals surface area contributed by atoms with Gasteiger partial charge in [0.15, 0.2) is 6.29 Å². The molecule has 0 aliphatic rings. The number of carbonyl (C=O) groups excluding carboxylic acids is 2. The number of aromatic amines is 1. The quantitative estimate of drug-likeness (QED) is 0.446. The van der Waals surface area contributed by atoms with Gasteiger partial charge in [-0.2, -0.15) is 0 Å². The molecule has 0 fully saturated rings. The van der Waals surface area contributed by atoms with Crippen molar-refractivity contribution in [1.29, 1.82) is 0 Å². The van der Waals surface area contributed by atoms with Crippen LogP contribution in [0.5, 0.6) is 0 Å². The van der Waals surface area contributed by atoms with Crippen LogP contribution in [0.25, 0.3) is 21.5 Å². The van der Waals surface area contributed by atoms with E-state index in [0.29, 0.717) is 10.4 Å². The van der Waals surface area contributed by atoms with Gasteiger partial charge in [0.05, 0.1) is 28.3 Å². The first kappa shape index (κ1) is 18.1. The Morgan fingerprint density at radius 3 is 2.89 bits per heavy atom. The van der Waals surface area contributed by atoms with Gasteiger partial charge in [0, 0.05) is 13.3 Å². The first-order chi connectivity index (χ1) is 13.5.